The van der Waals surface area contributed by atoms with Gasteiger partial charge in [0, 0.05) is 4.47 Å². The molecule has 1 aromatic carbocycles. The smallest absolute Gasteiger partial charge is 0.114 e. The molecule has 16 heavy (non-hydrogen) atoms. The molecule has 0 aliphatic carbocycles. The second-order valence-electron chi connectivity index (χ2n) is 4.13. The molecule has 0 radical (unpaired) electrons. The molecule has 86 valence electrons. The number of likely N-dealkylation sites (tertiary alicyclic amines) is 1. The first kappa shape index (κ1) is 11.8. The molecule has 0 N–H and O–H groups in total. The summed E-state index contributed by atoms with van der Waals surface area (Å²) >= 11 is 3.36. The van der Waals surface area contributed by atoms with Gasteiger partial charge in [-0.3, -0.25) is 4.90 Å². The van der Waals surface area contributed by atoms with Gasteiger partial charge in [-0.1, -0.05) is 28.1 Å². The fourth-order valence-electron chi connectivity index (χ4n) is 1.94. The zero-order chi connectivity index (χ0) is 11.4. The second kappa shape index (κ2) is 5.60. The van der Waals surface area contributed by atoms with E-state index in [9.17, 15) is 4.39 Å². The van der Waals surface area contributed by atoms with E-state index in [2.05, 4.69) is 20.8 Å². The van der Waals surface area contributed by atoms with E-state index in [1.807, 2.05) is 24.3 Å². The molecule has 2 rings (SSSR count). The Hall–Kier alpha value is -0.670. The van der Waals surface area contributed by atoms with Gasteiger partial charge in [0.1, 0.15) is 5.83 Å². The lowest BCUT2D eigenvalue weighted by molar-refractivity contribution is 0.341. The van der Waals surface area contributed by atoms with Crippen molar-refractivity contribution in [2.75, 3.05) is 19.6 Å². The first-order chi connectivity index (χ1) is 7.74. The maximum atomic E-state index is 13.6. The van der Waals surface area contributed by atoms with E-state index in [-0.39, 0.29) is 5.83 Å². The molecule has 0 unspecified atom stereocenters. The lowest BCUT2D eigenvalue weighted by Crippen LogP contribution is -2.20. The van der Waals surface area contributed by atoms with Crippen molar-refractivity contribution in [3.05, 3.63) is 40.1 Å². The quantitative estimate of drug-likeness (QED) is 0.814. The minimum atomic E-state index is -0.0516. The summed E-state index contributed by atoms with van der Waals surface area (Å²) in [7, 11) is 0. The molecular formula is C13H15BrFN. The first-order valence-corrected chi connectivity index (χ1v) is 6.37. The van der Waals surface area contributed by atoms with Crippen molar-refractivity contribution in [1.82, 2.24) is 4.90 Å². The Bertz CT molecular complexity index is 366. The number of hydrogen-bond donors (Lipinski definition) is 0. The van der Waals surface area contributed by atoms with E-state index in [1.165, 1.54) is 12.8 Å². The van der Waals surface area contributed by atoms with Crippen LogP contribution >= 0.6 is 15.9 Å². The third kappa shape index (κ3) is 3.42. The summed E-state index contributed by atoms with van der Waals surface area (Å²) in [4.78, 5) is 2.16. The van der Waals surface area contributed by atoms with Crippen LogP contribution in [0.3, 0.4) is 0 Å². The van der Waals surface area contributed by atoms with E-state index in [1.54, 1.807) is 6.08 Å². The molecule has 1 aromatic rings. The number of benzene rings is 1. The van der Waals surface area contributed by atoms with Gasteiger partial charge in [-0.15, -0.1) is 0 Å². The van der Waals surface area contributed by atoms with E-state index in [0.717, 1.165) is 23.1 Å². The standard InChI is InChI=1S/C13H15BrFN/c14-12-5-3-11(4-6-12)9-13(15)10-16-7-1-2-8-16/h3-6,9H,1-2,7-8,10H2/b13-9+. The summed E-state index contributed by atoms with van der Waals surface area (Å²) in [6, 6.07) is 7.67. The lowest BCUT2D eigenvalue weighted by Gasteiger charge is -2.12. The fraction of sp³-hybridized carbons (Fsp3) is 0.385. The largest absolute Gasteiger partial charge is 0.297 e. The van der Waals surface area contributed by atoms with Gasteiger partial charge in [-0.25, -0.2) is 4.39 Å². The van der Waals surface area contributed by atoms with Gasteiger partial charge < -0.3 is 0 Å². The molecule has 1 fully saturated rings. The summed E-state index contributed by atoms with van der Waals surface area (Å²) in [6.45, 7) is 2.51. The molecule has 1 saturated heterocycles. The monoisotopic (exact) mass is 283 g/mol. The van der Waals surface area contributed by atoms with Gasteiger partial charge in [0.25, 0.3) is 0 Å². The molecule has 1 aliphatic rings. The zero-order valence-corrected chi connectivity index (χ0v) is 10.7. The van der Waals surface area contributed by atoms with Crippen LogP contribution in [0.4, 0.5) is 4.39 Å². The molecule has 1 nitrogen and oxygen atoms in total. The molecule has 1 aliphatic heterocycles. The van der Waals surface area contributed by atoms with Gasteiger partial charge in [0.05, 0.1) is 6.54 Å². The Morgan fingerprint density at radius 1 is 1.25 bits per heavy atom. The number of nitrogens with zero attached hydrogens (tertiary/aromatic N) is 1. The van der Waals surface area contributed by atoms with Gasteiger partial charge in [0.15, 0.2) is 0 Å². The van der Waals surface area contributed by atoms with E-state index in [0.29, 0.717) is 6.54 Å². The van der Waals surface area contributed by atoms with E-state index < -0.39 is 0 Å². The van der Waals surface area contributed by atoms with Crippen LogP contribution < -0.4 is 0 Å². The minimum absolute atomic E-state index is 0.0516. The zero-order valence-electron chi connectivity index (χ0n) is 9.13. The number of hydrogen-bond acceptors (Lipinski definition) is 1. The third-order valence-corrected chi connectivity index (χ3v) is 3.30. The molecule has 0 spiro atoms. The fourth-order valence-corrected chi connectivity index (χ4v) is 2.20. The highest BCUT2D eigenvalue weighted by Crippen LogP contribution is 2.16. The van der Waals surface area contributed by atoms with Crippen molar-refractivity contribution in [2.45, 2.75) is 12.8 Å². The number of halogens is 2. The Morgan fingerprint density at radius 3 is 2.50 bits per heavy atom. The average Bonchev–Trinajstić information content (AvgIpc) is 2.74. The molecule has 3 heteroatoms. The highest BCUT2D eigenvalue weighted by molar-refractivity contribution is 9.10. The third-order valence-electron chi connectivity index (χ3n) is 2.77. The molecule has 0 saturated carbocycles. The van der Waals surface area contributed by atoms with Crippen molar-refractivity contribution in [2.24, 2.45) is 0 Å². The lowest BCUT2D eigenvalue weighted by atomic mass is 10.2. The SMILES string of the molecule is F/C(=C/c1ccc(Br)cc1)CN1CCCC1. The van der Waals surface area contributed by atoms with Crippen molar-refractivity contribution in [3.63, 3.8) is 0 Å². The molecular weight excluding hydrogens is 269 g/mol. The summed E-state index contributed by atoms with van der Waals surface area (Å²) in [5.74, 6) is -0.0516. The predicted octanol–water partition coefficient (Wildman–Crippen LogP) is 3.86. The van der Waals surface area contributed by atoms with Gasteiger partial charge in [0.2, 0.25) is 0 Å². The van der Waals surface area contributed by atoms with Crippen LogP contribution in [0.25, 0.3) is 6.08 Å². The normalized spacial score (nSPS) is 18.0. The molecule has 0 aromatic heterocycles. The number of rotatable bonds is 3. The molecule has 1 heterocycles. The van der Waals surface area contributed by atoms with Crippen LogP contribution in [-0.2, 0) is 0 Å². The van der Waals surface area contributed by atoms with Crippen LogP contribution in [0.2, 0.25) is 0 Å². The van der Waals surface area contributed by atoms with Gasteiger partial charge in [-0.2, -0.15) is 0 Å². The first-order valence-electron chi connectivity index (χ1n) is 5.58. The maximum Gasteiger partial charge on any atom is 0.114 e. The van der Waals surface area contributed by atoms with Crippen LogP contribution in [0.15, 0.2) is 34.6 Å². The highest BCUT2D eigenvalue weighted by atomic mass is 79.9. The molecule has 0 atom stereocenters. The Labute approximate surface area is 104 Å². The molecule has 0 amide bonds. The van der Waals surface area contributed by atoms with Gasteiger partial charge >= 0.3 is 0 Å². The summed E-state index contributed by atoms with van der Waals surface area (Å²) in [5.41, 5.74) is 0.917. The second-order valence-corrected chi connectivity index (χ2v) is 5.04. The van der Waals surface area contributed by atoms with Crippen molar-refractivity contribution < 1.29 is 4.39 Å². The van der Waals surface area contributed by atoms with Gasteiger partial charge in [-0.05, 0) is 49.7 Å². The summed E-state index contributed by atoms with van der Waals surface area (Å²) in [6.07, 6.45) is 4.02. The van der Waals surface area contributed by atoms with Crippen molar-refractivity contribution in [1.29, 1.82) is 0 Å². The van der Waals surface area contributed by atoms with Crippen LogP contribution in [0.5, 0.6) is 0 Å². The Balaban J connectivity index is 1.97. The van der Waals surface area contributed by atoms with Crippen LogP contribution in [-0.4, -0.2) is 24.5 Å². The summed E-state index contributed by atoms with van der Waals surface area (Å²) < 4.78 is 14.7. The van der Waals surface area contributed by atoms with E-state index >= 15 is 0 Å². The maximum absolute atomic E-state index is 13.6. The van der Waals surface area contributed by atoms with E-state index in [4.69, 9.17) is 0 Å². The topological polar surface area (TPSA) is 3.24 Å². The predicted molar refractivity (Wildman–Crippen MR) is 68.9 cm³/mol. The Kier molecular flexibility index (Phi) is 4.13. The van der Waals surface area contributed by atoms with Crippen molar-refractivity contribution >= 4 is 22.0 Å². The highest BCUT2D eigenvalue weighted by Gasteiger charge is 2.12. The molecule has 0 bridgehead atoms. The van der Waals surface area contributed by atoms with Crippen LogP contribution in [0, 0.1) is 0 Å². The van der Waals surface area contributed by atoms with Crippen molar-refractivity contribution in [3.8, 4) is 0 Å². The summed E-state index contributed by atoms with van der Waals surface area (Å²) in [5, 5.41) is 0. The average molecular weight is 284 g/mol. The minimum Gasteiger partial charge on any atom is -0.297 e. The van der Waals surface area contributed by atoms with Crippen LogP contribution in [0.1, 0.15) is 18.4 Å². The Morgan fingerprint density at radius 2 is 1.88 bits per heavy atom.